The molecule has 0 saturated carbocycles. The molecule has 0 aliphatic carbocycles. The molecule has 2 unspecified atom stereocenters. The number of hydrogen-bond acceptors (Lipinski definition) is 4. The molecule has 1 heterocycles. The summed E-state index contributed by atoms with van der Waals surface area (Å²) in [4.78, 5) is 16.7. The van der Waals surface area contributed by atoms with Crippen LogP contribution in [0, 0.1) is 0 Å². The molecule has 128 valence electrons. The van der Waals surface area contributed by atoms with E-state index in [1.807, 2.05) is 25.1 Å². The van der Waals surface area contributed by atoms with E-state index in [1.165, 1.54) is 0 Å². The first-order valence-corrected chi connectivity index (χ1v) is 8.43. The second-order valence-electron chi connectivity index (χ2n) is 6.05. The fourth-order valence-corrected chi connectivity index (χ4v) is 3.16. The Morgan fingerprint density at radius 1 is 1.52 bits per heavy atom. The normalized spacial score (nSPS) is 20.1. The molecular weight excluding hydrogens is 314 g/mol. The molecule has 0 spiro atoms. The monoisotopic (exact) mass is 339 g/mol. The zero-order valence-corrected chi connectivity index (χ0v) is 15.1. The van der Waals surface area contributed by atoms with Crippen molar-refractivity contribution in [1.82, 2.24) is 15.1 Å². The van der Waals surface area contributed by atoms with Gasteiger partial charge in [-0.25, -0.2) is 0 Å². The summed E-state index contributed by atoms with van der Waals surface area (Å²) in [5, 5.41) is 3.91. The number of amides is 1. The van der Waals surface area contributed by atoms with Gasteiger partial charge in [0.25, 0.3) is 0 Å². The van der Waals surface area contributed by atoms with Crippen LogP contribution in [-0.2, 0) is 4.79 Å². The van der Waals surface area contributed by atoms with Crippen LogP contribution in [-0.4, -0.2) is 62.1 Å². The van der Waals surface area contributed by atoms with E-state index in [0.717, 1.165) is 25.2 Å². The van der Waals surface area contributed by atoms with Crippen molar-refractivity contribution >= 4 is 17.5 Å². The number of ether oxygens (including phenoxy) is 1. The number of benzene rings is 1. The Hall–Kier alpha value is -1.30. The van der Waals surface area contributed by atoms with E-state index in [9.17, 15) is 4.79 Å². The molecule has 1 aromatic rings. The smallest absolute Gasteiger partial charge is 0.244 e. The summed E-state index contributed by atoms with van der Waals surface area (Å²) < 4.78 is 5.50. The molecule has 1 N–H and O–H groups in total. The van der Waals surface area contributed by atoms with Crippen molar-refractivity contribution in [2.75, 3.05) is 40.3 Å². The van der Waals surface area contributed by atoms with Crippen molar-refractivity contribution in [3.8, 4) is 5.75 Å². The predicted octanol–water partition coefficient (Wildman–Crippen LogP) is 2.16. The van der Waals surface area contributed by atoms with Gasteiger partial charge >= 0.3 is 0 Å². The standard InChI is InChI=1S/C17H26ClN3O2/c1-5-23-15-7-6-13(10-14(15)18)16(17(22)20(3)4)21-9-8-19-11-12(21)2/h6-7,10,12,16,19H,5,8-9,11H2,1-4H3. The van der Waals surface area contributed by atoms with Crippen LogP contribution < -0.4 is 10.1 Å². The molecule has 1 amide bonds. The van der Waals surface area contributed by atoms with Gasteiger partial charge in [0, 0.05) is 39.8 Å². The molecule has 1 aliphatic heterocycles. The Labute approximate surface area is 143 Å². The lowest BCUT2D eigenvalue weighted by molar-refractivity contribution is -0.136. The Bertz CT molecular complexity index is 551. The molecule has 5 nitrogen and oxygen atoms in total. The highest BCUT2D eigenvalue weighted by Crippen LogP contribution is 2.32. The van der Waals surface area contributed by atoms with Gasteiger partial charge in [0.15, 0.2) is 0 Å². The SMILES string of the molecule is CCOc1ccc(C(C(=O)N(C)C)N2CCNCC2C)cc1Cl. The van der Waals surface area contributed by atoms with Crippen LogP contribution in [0.5, 0.6) is 5.75 Å². The van der Waals surface area contributed by atoms with E-state index < -0.39 is 0 Å². The first-order valence-electron chi connectivity index (χ1n) is 8.05. The predicted molar refractivity (Wildman–Crippen MR) is 93.1 cm³/mol. The van der Waals surface area contributed by atoms with E-state index in [1.54, 1.807) is 19.0 Å². The highest BCUT2D eigenvalue weighted by molar-refractivity contribution is 6.32. The topological polar surface area (TPSA) is 44.8 Å². The summed E-state index contributed by atoms with van der Waals surface area (Å²) in [5.74, 6) is 0.723. The quantitative estimate of drug-likeness (QED) is 0.893. The Balaban J connectivity index is 2.37. The van der Waals surface area contributed by atoms with Gasteiger partial charge in [0.2, 0.25) is 5.91 Å². The van der Waals surface area contributed by atoms with Gasteiger partial charge < -0.3 is 15.0 Å². The second-order valence-corrected chi connectivity index (χ2v) is 6.46. The molecule has 0 radical (unpaired) electrons. The number of rotatable bonds is 5. The van der Waals surface area contributed by atoms with Crippen LogP contribution in [0.1, 0.15) is 25.5 Å². The third-order valence-corrected chi connectivity index (χ3v) is 4.43. The van der Waals surface area contributed by atoms with E-state index in [4.69, 9.17) is 16.3 Å². The number of piperazine rings is 1. The Morgan fingerprint density at radius 2 is 2.26 bits per heavy atom. The summed E-state index contributed by atoms with van der Waals surface area (Å²) in [6.07, 6.45) is 0. The summed E-state index contributed by atoms with van der Waals surface area (Å²) >= 11 is 6.33. The number of halogens is 1. The molecular formula is C17H26ClN3O2. The highest BCUT2D eigenvalue weighted by atomic mass is 35.5. The minimum absolute atomic E-state index is 0.0685. The maximum atomic E-state index is 12.8. The molecule has 1 saturated heterocycles. The molecule has 0 aromatic heterocycles. The summed E-state index contributed by atoms with van der Waals surface area (Å²) in [5.41, 5.74) is 0.908. The van der Waals surface area contributed by atoms with Gasteiger partial charge in [-0.05, 0) is 31.5 Å². The molecule has 1 fully saturated rings. The van der Waals surface area contributed by atoms with Crippen LogP contribution in [0.25, 0.3) is 0 Å². The van der Waals surface area contributed by atoms with Gasteiger partial charge in [-0.15, -0.1) is 0 Å². The second kappa shape index (κ2) is 7.99. The molecule has 6 heteroatoms. The molecule has 2 atom stereocenters. The van der Waals surface area contributed by atoms with Crippen molar-refractivity contribution in [2.24, 2.45) is 0 Å². The van der Waals surface area contributed by atoms with Crippen molar-refractivity contribution in [2.45, 2.75) is 25.9 Å². The average Bonchev–Trinajstić information content (AvgIpc) is 2.52. The minimum Gasteiger partial charge on any atom is -0.492 e. The Morgan fingerprint density at radius 3 is 2.83 bits per heavy atom. The first-order chi connectivity index (χ1) is 11.0. The molecule has 23 heavy (non-hydrogen) atoms. The maximum absolute atomic E-state index is 12.8. The van der Waals surface area contributed by atoms with E-state index in [-0.39, 0.29) is 18.0 Å². The summed E-state index contributed by atoms with van der Waals surface area (Å²) in [7, 11) is 3.58. The van der Waals surface area contributed by atoms with Gasteiger partial charge in [0.05, 0.1) is 11.6 Å². The number of carbonyl (C=O) groups excluding carboxylic acids is 1. The van der Waals surface area contributed by atoms with Crippen molar-refractivity contribution in [1.29, 1.82) is 0 Å². The number of nitrogens with one attached hydrogen (secondary N) is 1. The fraction of sp³-hybridized carbons (Fsp3) is 0.588. The number of hydrogen-bond donors (Lipinski definition) is 1. The average molecular weight is 340 g/mol. The third kappa shape index (κ3) is 4.16. The van der Waals surface area contributed by atoms with Gasteiger partial charge in [0.1, 0.15) is 11.8 Å². The lowest BCUT2D eigenvalue weighted by atomic mass is 10.0. The maximum Gasteiger partial charge on any atom is 0.244 e. The molecule has 1 aromatic carbocycles. The van der Waals surface area contributed by atoms with Gasteiger partial charge in [-0.1, -0.05) is 17.7 Å². The zero-order chi connectivity index (χ0) is 17.0. The van der Waals surface area contributed by atoms with Gasteiger partial charge in [-0.3, -0.25) is 9.69 Å². The van der Waals surface area contributed by atoms with Crippen LogP contribution in [0.15, 0.2) is 18.2 Å². The van der Waals surface area contributed by atoms with Crippen molar-refractivity contribution < 1.29 is 9.53 Å². The number of nitrogens with zero attached hydrogens (tertiary/aromatic N) is 2. The third-order valence-electron chi connectivity index (χ3n) is 4.13. The van der Waals surface area contributed by atoms with Gasteiger partial charge in [-0.2, -0.15) is 0 Å². The highest BCUT2D eigenvalue weighted by Gasteiger charge is 2.33. The van der Waals surface area contributed by atoms with Crippen LogP contribution >= 0.6 is 11.6 Å². The minimum atomic E-state index is -0.324. The molecule has 1 aliphatic rings. The van der Waals surface area contributed by atoms with Crippen molar-refractivity contribution in [3.05, 3.63) is 28.8 Å². The fourth-order valence-electron chi connectivity index (χ4n) is 2.92. The van der Waals surface area contributed by atoms with Crippen LogP contribution in [0.4, 0.5) is 0 Å². The lowest BCUT2D eigenvalue weighted by Crippen LogP contribution is -2.54. The zero-order valence-electron chi connectivity index (χ0n) is 14.3. The Kier molecular flexibility index (Phi) is 6.27. The van der Waals surface area contributed by atoms with Crippen LogP contribution in [0.3, 0.4) is 0 Å². The largest absolute Gasteiger partial charge is 0.492 e. The number of likely N-dealkylation sites (N-methyl/N-ethyl adjacent to an activating group) is 1. The first kappa shape index (κ1) is 18.0. The van der Waals surface area contributed by atoms with Crippen LogP contribution in [0.2, 0.25) is 5.02 Å². The van der Waals surface area contributed by atoms with Crippen molar-refractivity contribution in [3.63, 3.8) is 0 Å². The summed E-state index contributed by atoms with van der Waals surface area (Å²) in [6, 6.07) is 5.60. The van der Waals surface area contributed by atoms with E-state index >= 15 is 0 Å². The molecule has 2 rings (SSSR count). The lowest BCUT2D eigenvalue weighted by Gasteiger charge is -2.40. The molecule has 0 bridgehead atoms. The van der Waals surface area contributed by atoms with E-state index in [2.05, 4.69) is 17.1 Å². The van der Waals surface area contributed by atoms with E-state index in [0.29, 0.717) is 17.4 Å². The summed E-state index contributed by atoms with van der Waals surface area (Å²) in [6.45, 7) is 7.21. The number of carbonyl (C=O) groups is 1.